The number of hydrogen-bond acceptors (Lipinski definition) is 1. The first-order valence-corrected chi connectivity index (χ1v) is 17.1. The van der Waals surface area contributed by atoms with Crippen LogP contribution in [0.25, 0.3) is 71.3 Å². The molecule has 0 unspecified atom stereocenters. The van der Waals surface area contributed by atoms with Crippen LogP contribution in [0.5, 0.6) is 0 Å². The van der Waals surface area contributed by atoms with Crippen LogP contribution in [0, 0.1) is 0 Å². The number of allylic oxidation sites excluding steroid dienone is 9. The summed E-state index contributed by atoms with van der Waals surface area (Å²) in [5.41, 5.74) is 11.7. The van der Waals surface area contributed by atoms with Crippen molar-refractivity contribution in [3.8, 4) is 33.4 Å². The largest absolute Gasteiger partial charge is 0.256 e. The molecule has 1 aliphatic carbocycles. The molecule has 0 saturated carbocycles. The van der Waals surface area contributed by atoms with Crippen LogP contribution in [0.3, 0.4) is 0 Å². The van der Waals surface area contributed by atoms with Crippen LogP contribution >= 0.6 is 0 Å². The summed E-state index contributed by atoms with van der Waals surface area (Å²) in [6.07, 6.45) is 18.5. The highest BCUT2D eigenvalue weighted by Crippen LogP contribution is 2.45. The topological polar surface area (TPSA) is 12.9 Å². The summed E-state index contributed by atoms with van der Waals surface area (Å²) in [5, 5.41) is 7.71. The third-order valence-corrected chi connectivity index (χ3v) is 9.62. The summed E-state index contributed by atoms with van der Waals surface area (Å²) < 4.78 is 0. The molecular weight excluding hydrogens is 591 g/mol. The molecule has 49 heavy (non-hydrogen) atoms. The summed E-state index contributed by atoms with van der Waals surface area (Å²) in [4.78, 5) is 4.74. The van der Waals surface area contributed by atoms with Gasteiger partial charge in [-0.25, -0.2) is 0 Å². The van der Waals surface area contributed by atoms with Gasteiger partial charge in [0.15, 0.2) is 0 Å². The fourth-order valence-electron chi connectivity index (χ4n) is 7.29. The Kier molecular flexibility index (Phi) is 8.17. The predicted octanol–water partition coefficient (Wildman–Crippen LogP) is 13.1. The van der Waals surface area contributed by atoms with Crippen molar-refractivity contribution >= 4 is 37.9 Å². The lowest BCUT2D eigenvalue weighted by molar-refractivity contribution is 1.16. The van der Waals surface area contributed by atoms with Gasteiger partial charge in [-0.15, -0.1) is 0 Å². The first-order valence-electron chi connectivity index (χ1n) is 17.1. The monoisotopic (exact) mass is 627 g/mol. The molecule has 0 bridgehead atoms. The third-order valence-electron chi connectivity index (χ3n) is 9.62. The van der Waals surface area contributed by atoms with Crippen molar-refractivity contribution in [3.05, 3.63) is 193 Å². The van der Waals surface area contributed by atoms with Gasteiger partial charge in [0.05, 0.1) is 5.69 Å². The van der Waals surface area contributed by atoms with E-state index in [0.29, 0.717) is 0 Å². The van der Waals surface area contributed by atoms with E-state index in [9.17, 15) is 0 Å². The minimum atomic E-state index is 0.876. The molecule has 0 radical (unpaired) electrons. The molecule has 1 aliphatic rings. The van der Waals surface area contributed by atoms with Gasteiger partial charge in [0, 0.05) is 11.8 Å². The van der Waals surface area contributed by atoms with Crippen molar-refractivity contribution in [2.75, 3.05) is 0 Å². The first kappa shape index (κ1) is 30.3. The van der Waals surface area contributed by atoms with Crippen LogP contribution in [0.15, 0.2) is 182 Å². The highest BCUT2D eigenvalue weighted by atomic mass is 14.7. The molecule has 6 aromatic carbocycles. The third kappa shape index (κ3) is 5.75. The molecule has 0 spiro atoms. The fraction of sp³-hybridized carbons (Fsp3) is 0.0625. The number of nitrogens with zero attached hydrogens (tertiary/aromatic N) is 1. The zero-order valence-corrected chi connectivity index (χ0v) is 27.7. The normalized spacial score (nSPS) is 15.3. The molecule has 8 rings (SSSR count). The Morgan fingerprint density at radius 3 is 1.96 bits per heavy atom. The smallest absolute Gasteiger partial charge is 0.0708 e. The van der Waals surface area contributed by atoms with Crippen LogP contribution in [-0.2, 0) is 6.42 Å². The van der Waals surface area contributed by atoms with E-state index in [-0.39, 0.29) is 0 Å². The van der Waals surface area contributed by atoms with Crippen molar-refractivity contribution in [2.24, 2.45) is 0 Å². The van der Waals surface area contributed by atoms with Gasteiger partial charge in [0.2, 0.25) is 0 Å². The second-order valence-electron chi connectivity index (χ2n) is 12.6. The molecule has 1 aromatic heterocycles. The van der Waals surface area contributed by atoms with Crippen LogP contribution in [-0.4, -0.2) is 4.98 Å². The Morgan fingerprint density at radius 2 is 1.22 bits per heavy atom. The standard InChI is InChI=1S/C48H37N/c1-3-34-17-13-23-40-39(34)22-14-24-41(40)48-44-20-11-9-18-42(44)47(43-19-10-12-21-45(43)48)36-27-25-35(26-28-36)37-29-30-49-46(32-37)38-16-8-6-4-5-7-15-33(2)31-38/h4-5,7-32H,2-3,6H2,1H3/b5-4-,15-7-,16-8-,38-31?. The molecule has 0 amide bonds. The van der Waals surface area contributed by atoms with E-state index in [2.05, 4.69) is 165 Å². The zero-order valence-electron chi connectivity index (χ0n) is 27.7. The highest BCUT2D eigenvalue weighted by molar-refractivity contribution is 6.23. The van der Waals surface area contributed by atoms with Crippen molar-refractivity contribution in [3.63, 3.8) is 0 Å². The minimum Gasteiger partial charge on any atom is -0.256 e. The van der Waals surface area contributed by atoms with Crippen molar-refractivity contribution < 1.29 is 0 Å². The van der Waals surface area contributed by atoms with Crippen molar-refractivity contribution in [2.45, 2.75) is 19.8 Å². The Labute approximate surface area is 288 Å². The summed E-state index contributed by atoms with van der Waals surface area (Å²) in [6.45, 7) is 6.45. The molecule has 0 fully saturated rings. The molecule has 1 heterocycles. The average Bonchev–Trinajstić information content (AvgIpc) is 3.16. The van der Waals surface area contributed by atoms with Crippen LogP contribution in [0.1, 0.15) is 24.6 Å². The summed E-state index contributed by atoms with van der Waals surface area (Å²) in [6, 6.07) is 44.6. The van der Waals surface area contributed by atoms with Crippen molar-refractivity contribution in [1.82, 2.24) is 4.98 Å². The van der Waals surface area contributed by atoms with Gasteiger partial charge in [-0.1, -0.05) is 159 Å². The van der Waals surface area contributed by atoms with Crippen LogP contribution < -0.4 is 0 Å². The van der Waals surface area contributed by atoms with Crippen LogP contribution in [0.2, 0.25) is 0 Å². The second-order valence-corrected chi connectivity index (χ2v) is 12.6. The number of aryl methyl sites for hydroxylation is 1. The van der Waals surface area contributed by atoms with E-state index in [1.54, 1.807) is 0 Å². The quantitative estimate of drug-likeness (QED) is 0.173. The van der Waals surface area contributed by atoms with Gasteiger partial charge in [0.25, 0.3) is 0 Å². The van der Waals surface area contributed by atoms with Crippen LogP contribution in [0.4, 0.5) is 0 Å². The minimum absolute atomic E-state index is 0.876. The Balaban J connectivity index is 1.25. The lowest BCUT2D eigenvalue weighted by Crippen LogP contribution is -1.93. The second kappa shape index (κ2) is 13.2. The van der Waals surface area contributed by atoms with E-state index in [1.165, 1.54) is 60.1 Å². The number of fused-ring (bicyclic) bond motifs is 3. The maximum absolute atomic E-state index is 4.74. The molecule has 234 valence electrons. The van der Waals surface area contributed by atoms with E-state index < -0.39 is 0 Å². The van der Waals surface area contributed by atoms with E-state index in [1.807, 2.05) is 18.3 Å². The van der Waals surface area contributed by atoms with Gasteiger partial charge < -0.3 is 0 Å². The lowest BCUT2D eigenvalue weighted by Gasteiger charge is -2.19. The molecule has 1 nitrogen and oxygen atoms in total. The summed E-state index contributed by atoms with van der Waals surface area (Å²) >= 11 is 0. The molecule has 0 aliphatic heterocycles. The Bertz CT molecular complexity index is 2450. The number of rotatable bonds is 5. The van der Waals surface area contributed by atoms with E-state index in [4.69, 9.17) is 4.98 Å². The fourth-order valence-corrected chi connectivity index (χ4v) is 7.29. The summed E-state index contributed by atoms with van der Waals surface area (Å²) in [5.74, 6) is 0. The lowest BCUT2D eigenvalue weighted by atomic mass is 9.84. The molecular formula is C48H37N. The Morgan fingerprint density at radius 1 is 0.571 bits per heavy atom. The molecule has 0 saturated heterocycles. The van der Waals surface area contributed by atoms with E-state index >= 15 is 0 Å². The van der Waals surface area contributed by atoms with Gasteiger partial charge >= 0.3 is 0 Å². The SMILES string of the molecule is C=C1C=C(c2cc(-c3ccc(-c4c5ccccc5c(-c5cccc6c(CC)cccc56)c5ccccc45)cc3)ccn2)/C=C\C/C=C\C=C/1. The van der Waals surface area contributed by atoms with Gasteiger partial charge in [-0.05, 0) is 108 Å². The molecule has 1 heteroatoms. The van der Waals surface area contributed by atoms with Gasteiger partial charge in [-0.3, -0.25) is 4.98 Å². The maximum atomic E-state index is 4.74. The zero-order chi connectivity index (χ0) is 33.2. The Hall–Kier alpha value is -6.05. The number of hydrogen-bond donors (Lipinski definition) is 0. The summed E-state index contributed by atoms with van der Waals surface area (Å²) in [7, 11) is 0. The highest BCUT2D eigenvalue weighted by Gasteiger charge is 2.18. The average molecular weight is 628 g/mol. The first-order chi connectivity index (χ1) is 24.2. The molecule has 0 N–H and O–H groups in total. The van der Waals surface area contributed by atoms with Gasteiger partial charge in [0.1, 0.15) is 0 Å². The number of aromatic nitrogens is 1. The predicted molar refractivity (Wildman–Crippen MR) is 212 cm³/mol. The number of benzene rings is 6. The van der Waals surface area contributed by atoms with Crippen molar-refractivity contribution in [1.29, 1.82) is 0 Å². The molecule has 0 atom stereocenters. The number of pyridine rings is 1. The van der Waals surface area contributed by atoms with E-state index in [0.717, 1.165) is 40.8 Å². The maximum Gasteiger partial charge on any atom is 0.0708 e. The molecule has 7 aromatic rings. The van der Waals surface area contributed by atoms with Gasteiger partial charge in [-0.2, -0.15) is 0 Å².